The van der Waals surface area contributed by atoms with Crippen LogP contribution in [-0.4, -0.2) is 33.7 Å². The average molecular weight is 371 g/mol. The van der Waals surface area contributed by atoms with Crippen LogP contribution in [0.25, 0.3) is 0 Å². The molecule has 0 aliphatic carbocycles. The molecule has 0 spiro atoms. The quantitative estimate of drug-likeness (QED) is 0.649. The van der Waals surface area contributed by atoms with Gasteiger partial charge in [0.05, 0.1) is 6.54 Å². The Balaban J connectivity index is 1.90. The molecular formula is C20H22FN3O3. The van der Waals surface area contributed by atoms with Gasteiger partial charge < -0.3 is 9.88 Å². The van der Waals surface area contributed by atoms with Gasteiger partial charge in [-0.15, -0.1) is 0 Å². The van der Waals surface area contributed by atoms with Gasteiger partial charge in [0.2, 0.25) is 0 Å². The summed E-state index contributed by atoms with van der Waals surface area (Å²) in [4.78, 5) is 39.2. The normalized spacial score (nSPS) is 19.5. The molecule has 1 fully saturated rings. The van der Waals surface area contributed by atoms with Crippen LogP contribution in [0.1, 0.15) is 40.7 Å². The highest BCUT2D eigenvalue weighted by Crippen LogP contribution is 2.32. The molecule has 1 aromatic carbocycles. The molecule has 1 aliphatic heterocycles. The molecule has 1 saturated heterocycles. The summed E-state index contributed by atoms with van der Waals surface area (Å²) in [6, 6.07) is 6.58. The van der Waals surface area contributed by atoms with Gasteiger partial charge in [0, 0.05) is 24.0 Å². The number of hydrogen-bond acceptors (Lipinski definition) is 3. The maximum Gasteiger partial charge on any atom is 0.325 e. The maximum absolute atomic E-state index is 13.3. The minimum atomic E-state index is -1.29. The predicted octanol–water partition coefficient (Wildman–Crippen LogP) is 2.82. The highest BCUT2D eigenvalue weighted by Gasteiger charge is 2.51. The van der Waals surface area contributed by atoms with Crippen molar-refractivity contribution in [1.29, 1.82) is 0 Å². The number of halogens is 1. The fourth-order valence-electron chi connectivity index (χ4n) is 3.51. The van der Waals surface area contributed by atoms with Crippen molar-refractivity contribution in [2.45, 2.75) is 32.7 Å². The van der Waals surface area contributed by atoms with Gasteiger partial charge >= 0.3 is 6.03 Å². The average Bonchev–Trinajstić information content (AvgIpc) is 3.05. The minimum absolute atomic E-state index is 0.289. The molecule has 1 aliphatic rings. The third-order valence-corrected chi connectivity index (χ3v) is 5.42. The summed E-state index contributed by atoms with van der Waals surface area (Å²) < 4.78 is 15.1. The molecule has 1 N–H and O–H groups in total. The summed E-state index contributed by atoms with van der Waals surface area (Å²) in [6.45, 7) is 5.13. The lowest BCUT2D eigenvalue weighted by Gasteiger charge is -2.25. The molecule has 0 bridgehead atoms. The molecule has 2 heterocycles. The number of nitrogens with zero attached hydrogens (tertiary/aromatic N) is 2. The van der Waals surface area contributed by atoms with Gasteiger partial charge in [-0.1, -0.05) is 19.1 Å². The molecule has 3 amide bonds. The smallest absolute Gasteiger partial charge is 0.325 e. The lowest BCUT2D eigenvalue weighted by molar-refractivity contribution is -0.131. The number of carbonyl (C=O) groups is 3. The summed E-state index contributed by atoms with van der Waals surface area (Å²) in [5, 5.41) is 2.70. The van der Waals surface area contributed by atoms with Crippen molar-refractivity contribution < 1.29 is 18.8 Å². The third kappa shape index (κ3) is 2.93. The lowest BCUT2D eigenvalue weighted by Crippen LogP contribution is -2.43. The van der Waals surface area contributed by atoms with E-state index in [0.29, 0.717) is 11.1 Å². The molecule has 0 radical (unpaired) electrons. The first-order valence-electron chi connectivity index (χ1n) is 8.77. The van der Waals surface area contributed by atoms with Crippen LogP contribution in [0.3, 0.4) is 0 Å². The lowest BCUT2D eigenvalue weighted by atomic mass is 9.87. The van der Waals surface area contributed by atoms with Gasteiger partial charge in [0.1, 0.15) is 11.4 Å². The van der Waals surface area contributed by atoms with Crippen LogP contribution in [-0.2, 0) is 17.4 Å². The molecule has 1 aromatic heterocycles. The largest absolute Gasteiger partial charge is 0.351 e. The number of imide groups is 1. The second kappa shape index (κ2) is 6.64. The second-order valence-corrected chi connectivity index (χ2v) is 6.85. The van der Waals surface area contributed by atoms with Gasteiger partial charge in [-0.3, -0.25) is 14.5 Å². The number of urea groups is 1. The first-order valence-corrected chi connectivity index (χ1v) is 8.77. The van der Waals surface area contributed by atoms with Crippen molar-refractivity contribution in [1.82, 2.24) is 14.8 Å². The van der Waals surface area contributed by atoms with Crippen LogP contribution >= 0.6 is 0 Å². The fraction of sp³-hybridized carbons (Fsp3) is 0.350. The van der Waals surface area contributed by atoms with E-state index in [9.17, 15) is 18.8 Å². The number of benzene rings is 1. The molecule has 0 saturated carbocycles. The minimum Gasteiger partial charge on any atom is -0.351 e. The number of nitrogens with one attached hydrogen (secondary N) is 1. The van der Waals surface area contributed by atoms with E-state index in [4.69, 9.17) is 0 Å². The predicted molar refractivity (Wildman–Crippen MR) is 97.8 cm³/mol. The van der Waals surface area contributed by atoms with Crippen molar-refractivity contribution in [2.24, 2.45) is 7.05 Å². The molecule has 6 nitrogen and oxygen atoms in total. The van der Waals surface area contributed by atoms with E-state index in [1.165, 1.54) is 24.3 Å². The van der Waals surface area contributed by atoms with Gasteiger partial charge in [-0.25, -0.2) is 9.18 Å². The SMILES string of the molecule is CC[C@]1(c2ccc(F)cc2)NC(=O)N(CC(=O)c2cc(C)n(C)c2C)C1=O. The Labute approximate surface area is 157 Å². The zero-order chi connectivity index (χ0) is 19.9. The van der Waals surface area contributed by atoms with Crippen LogP contribution in [0.15, 0.2) is 30.3 Å². The second-order valence-electron chi connectivity index (χ2n) is 6.85. The zero-order valence-corrected chi connectivity index (χ0v) is 15.8. The standard InChI is InChI=1S/C20H22FN3O3/c1-5-20(14-6-8-15(21)9-7-14)18(26)24(19(27)22-20)11-17(25)16-10-12(2)23(4)13(16)3/h6-10H,5,11H2,1-4H3,(H,22,27)/t20-/m1/s1. The molecule has 27 heavy (non-hydrogen) atoms. The van der Waals surface area contributed by atoms with E-state index in [-0.39, 0.29) is 18.7 Å². The van der Waals surface area contributed by atoms with Crippen LogP contribution in [0, 0.1) is 19.7 Å². The van der Waals surface area contributed by atoms with Gasteiger partial charge in [0.25, 0.3) is 5.91 Å². The highest BCUT2D eigenvalue weighted by atomic mass is 19.1. The van der Waals surface area contributed by atoms with E-state index >= 15 is 0 Å². The number of aryl methyl sites for hydroxylation is 1. The Kier molecular flexibility index (Phi) is 4.63. The Bertz CT molecular complexity index is 933. The maximum atomic E-state index is 13.3. The Hall–Kier alpha value is -2.96. The summed E-state index contributed by atoms with van der Waals surface area (Å²) in [7, 11) is 1.85. The van der Waals surface area contributed by atoms with E-state index in [1.54, 1.807) is 13.0 Å². The number of Topliss-reactive ketones (excluding diaryl/α,β-unsaturated/α-hetero) is 1. The summed E-state index contributed by atoms with van der Waals surface area (Å²) in [6.07, 6.45) is 0.289. The van der Waals surface area contributed by atoms with Crippen LogP contribution < -0.4 is 5.32 Å². The Morgan fingerprint density at radius 2 is 1.81 bits per heavy atom. The van der Waals surface area contributed by atoms with Crippen molar-refractivity contribution in [3.63, 3.8) is 0 Å². The van der Waals surface area contributed by atoms with E-state index in [2.05, 4.69) is 5.32 Å². The number of hydrogen-bond donors (Lipinski definition) is 1. The van der Waals surface area contributed by atoms with Crippen molar-refractivity contribution in [2.75, 3.05) is 6.54 Å². The Morgan fingerprint density at radius 1 is 1.19 bits per heavy atom. The molecule has 142 valence electrons. The molecule has 0 unspecified atom stereocenters. The van der Waals surface area contributed by atoms with Crippen molar-refractivity contribution in [3.05, 3.63) is 58.7 Å². The van der Waals surface area contributed by atoms with Crippen LogP contribution in [0.5, 0.6) is 0 Å². The molecule has 1 atom stereocenters. The third-order valence-electron chi connectivity index (χ3n) is 5.42. The molecular weight excluding hydrogens is 349 g/mol. The topological polar surface area (TPSA) is 71.4 Å². The van der Waals surface area contributed by atoms with Gasteiger partial charge in [-0.05, 0) is 44.0 Å². The van der Waals surface area contributed by atoms with E-state index in [0.717, 1.165) is 16.3 Å². The van der Waals surface area contributed by atoms with Crippen molar-refractivity contribution >= 4 is 17.7 Å². The van der Waals surface area contributed by atoms with Gasteiger partial charge in [-0.2, -0.15) is 0 Å². The van der Waals surface area contributed by atoms with Crippen molar-refractivity contribution in [3.8, 4) is 0 Å². The monoisotopic (exact) mass is 371 g/mol. The first kappa shape index (κ1) is 18.8. The van der Waals surface area contributed by atoms with E-state index < -0.39 is 23.3 Å². The summed E-state index contributed by atoms with van der Waals surface area (Å²) in [5.41, 5.74) is 1.40. The first-order chi connectivity index (χ1) is 12.7. The summed E-state index contributed by atoms with van der Waals surface area (Å²) in [5.74, 6) is -1.23. The van der Waals surface area contributed by atoms with Crippen LogP contribution in [0.2, 0.25) is 0 Å². The fourth-order valence-corrected chi connectivity index (χ4v) is 3.51. The van der Waals surface area contributed by atoms with Gasteiger partial charge in [0.15, 0.2) is 5.78 Å². The number of amides is 3. The number of ketones is 1. The molecule has 3 rings (SSSR count). The number of carbonyl (C=O) groups excluding carboxylic acids is 3. The number of rotatable bonds is 5. The molecule has 2 aromatic rings. The molecule has 7 heteroatoms. The Morgan fingerprint density at radius 3 is 2.33 bits per heavy atom. The van der Waals surface area contributed by atoms with E-state index in [1.807, 2.05) is 25.5 Å². The highest BCUT2D eigenvalue weighted by molar-refractivity contribution is 6.11. The number of aromatic nitrogens is 1. The zero-order valence-electron chi connectivity index (χ0n) is 15.8. The van der Waals surface area contributed by atoms with Crippen LogP contribution in [0.4, 0.5) is 9.18 Å². The summed E-state index contributed by atoms with van der Waals surface area (Å²) >= 11 is 0.